The van der Waals surface area contributed by atoms with Gasteiger partial charge in [0.2, 0.25) is 5.91 Å². The Bertz CT molecular complexity index is 1050. The molecule has 0 fully saturated rings. The highest BCUT2D eigenvalue weighted by Crippen LogP contribution is 2.29. The van der Waals surface area contributed by atoms with Crippen molar-refractivity contribution in [1.82, 2.24) is 24.5 Å². The lowest BCUT2D eigenvalue weighted by molar-refractivity contribution is -0.122. The number of carbonyl (C=O) groups excluding carboxylic acids is 1. The third kappa shape index (κ3) is 4.62. The molecule has 1 atom stereocenters. The number of carbonyl (C=O) groups is 1. The summed E-state index contributed by atoms with van der Waals surface area (Å²) in [5, 5.41) is 3.00. The molecule has 3 rings (SSSR count). The lowest BCUT2D eigenvalue weighted by Gasteiger charge is -2.27. The molecule has 0 bridgehead atoms. The van der Waals surface area contributed by atoms with Gasteiger partial charge in [-0.05, 0) is 36.5 Å². The Morgan fingerprint density at radius 2 is 1.93 bits per heavy atom. The average molecular weight is 385 g/mol. The van der Waals surface area contributed by atoms with Crippen molar-refractivity contribution in [3.63, 3.8) is 0 Å². The van der Waals surface area contributed by atoms with Crippen LogP contribution < -0.4 is 10.9 Å². The number of halogens is 1. The van der Waals surface area contributed by atoms with Crippen LogP contribution in [0.1, 0.15) is 44.5 Å². The molecule has 0 spiro atoms. The Morgan fingerprint density at radius 3 is 2.57 bits per heavy atom. The SMILES string of the molecule is Cc1cc(=O)n2c(ncn2CC(=O)NC(CC(C)(C)C)c2ccc(F)cc2)n1. The molecule has 0 saturated heterocycles. The monoisotopic (exact) mass is 385 g/mol. The number of nitrogens with one attached hydrogen (secondary N) is 1. The van der Waals surface area contributed by atoms with E-state index in [1.807, 2.05) is 0 Å². The number of aryl methyl sites for hydroxylation is 1. The fourth-order valence-corrected chi connectivity index (χ4v) is 3.13. The first kappa shape index (κ1) is 19.7. The van der Waals surface area contributed by atoms with Gasteiger partial charge in [0.25, 0.3) is 11.3 Å². The normalized spacial score (nSPS) is 12.9. The lowest BCUT2D eigenvalue weighted by atomic mass is 9.85. The lowest BCUT2D eigenvalue weighted by Crippen LogP contribution is -2.35. The Kier molecular flexibility index (Phi) is 5.31. The van der Waals surface area contributed by atoms with E-state index >= 15 is 0 Å². The van der Waals surface area contributed by atoms with Crippen molar-refractivity contribution in [1.29, 1.82) is 0 Å². The minimum Gasteiger partial charge on any atom is -0.348 e. The summed E-state index contributed by atoms with van der Waals surface area (Å²) in [4.78, 5) is 33.2. The van der Waals surface area contributed by atoms with E-state index in [2.05, 4.69) is 36.1 Å². The van der Waals surface area contributed by atoms with E-state index in [1.165, 1.54) is 33.7 Å². The second-order valence-electron chi connectivity index (χ2n) is 8.13. The van der Waals surface area contributed by atoms with Gasteiger partial charge in [-0.25, -0.2) is 9.37 Å². The van der Waals surface area contributed by atoms with Gasteiger partial charge in [-0.1, -0.05) is 32.9 Å². The van der Waals surface area contributed by atoms with E-state index in [-0.39, 0.29) is 41.1 Å². The third-order valence-electron chi connectivity index (χ3n) is 4.30. The van der Waals surface area contributed by atoms with Crippen molar-refractivity contribution in [3.8, 4) is 0 Å². The first-order chi connectivity index (χ1) is 13.1. The van der Waals surface area contributed by atoms with Gasteiger partial charge in [-0.2, -0.15) is 9.50 Å². The largest absolute Gasteiger partial charge is 0.348 e. The van der Waals surface area contributed by atoms with Gasteiger partial charge in [-0.15, -0.1) is 0 Å². The number of nitrogens with zero attached hydrogens (tertiary/aromatic N) is 4. The van der Waals surface area contributed by atoms with E-state index in [0.717, 1.165) is 5.56 Å². The summed E-state index contributed by atoms with van der Waals surface area (Å²) in [6.45, 7) is 7.86. The molecule has 3 aromatic rings. The highest BCUT2D eigenvalue weighted by molar-refractivity contribution is 5.76. The van der Waals surface area contributed by atoms with Gasteiger partial charge in [0.05, 0.1) is 6.04 Å². The van der Waals surface area contributed by atoms with E-state index in [9.17, 15) is 14.0 Å². The van der Waals surface area contributed by atoms with Crippen LogP contribution in [0.2, 0.25) is 0 Å². The zero-order valence-electron chi connectivity index (χ0n) is 16.4. The molecule has 0 saturated carbocycles. The fourth-order valence-electron chi connectivity index (χ4n) is 3.13. The molecule has 1 aromatic carbocycles. The fraction of sp³-hybridized carbons (Fsp3) is 0.400. The van der Waals surface area contributed by atoms with E-state index in [0.29, 0.717) is 12.1 Å². The van der Waals surface area contributed by atoms with Crippen molar-refractivity contribution in [2.24, 2.45) is 5.41 Å². The van der Waals surface area contributed by atoms with Crippen LogP contribution in [0.4, 0.5) is 4.39 Å². The first-order valence-electron chi connectivity index (χ1n) is 9.09. The van der Waals surface area contributed by atoms with Gasteiger partial charge < -0.3 is 5.32 Å². The molecule has 1 N–H and O–H groups in total. The highest BCUT2D eigenvalue weighted by Gasteiger charge is 2.22. The van der Waals surface area contributed by atoms with Gasteiger partial charge in [0.1, 0.15) is 18.7 Å². The Labute approximate surface area is 162 Å². The number of rotatable bonds is 5. The predicted molar refractivity (Wildman–Crippen MR) is 103 cm³/mol. The smallest absolute Gasteiger partial charge is 0.274 e. The molecule has 2 aromatic heterocycles. The first-order valence-corrected chi connectivity index (χ1v) is 9.09. The van der Waals surface area contributed by atoms with Crippen molar-refractivity contribution in [2.45, 2.75) is 46.7 Å². The third-order valence-corrected chi connectivity index (χ3v) is 4.30. The molecule has 7 nitrogen and oxygen atoms in total. The van der Waals surface area contributed by atoms with Gasteiger partial charge in [0, 0.05) is 11.8 Å². The number of aromatic nitrogens is 4. The summed E-state index contributed by atoms with van der Waals surface area (Å²) >= 11 is 0. The minimum atomic E-state index is -0.323. The maximum Gasteiger partial charge on any atom is 0.274 e. The molecular weight excluding hydrogens is 361 g/mol. The molecule has 28 heavy (non-hydrogen) atoms. The Hall–Kier alpha value is -3.03. The summed E-state index contributed by atoms with van der Waals surface area (Å²) < 4.78 is 16.0. The number of fused-ring (bicyclic) bond motifs is 1. The van der Waals surface area contributed by atoms with Crippen LogP contribution in [0, 0.1) is 18.2 Å². The zero-order chi connectivity index (χ0) is 20.5. The Balaban J connectivity index is 1.82. The maximum atomic E-state index is 13.3. The van der Waals surface area contributed by atoms with Gasteiger partial charge in [-0.3, -0.25) is 14.3 Å². The number of amides is 1. The molecule has 2 heterocycles. The topological polar surface area (TPSA) is 81.3 Å². The van der Waals surface area contributed by atoms with Crippen molar-refractivity contribution in [2.75, 3.05) is 0 Å². The standard InChI is InChI=1S/C20H24FN5O2/c1-13-9-18(28)26-19(23-13)22-12-25(26)11-17(27)24-16(10-20(2,3)4)14-5-7-15(21)8-6-14/h5-9,12,16H,10-11H2,1-4H3,(H,24,27). The summed E-state index contributed by atoms with van der Waals surface area (Å²) in [5.41, 5.74) is 1.06. The quantitative estimate of drug-likeness (QED) is 0.732. The molecule has 148 valence electrons. The molecule has 1 unspecified atom stereocenters. The van der Waals surface area contributed by atoms with Crippen molar-refractivity contribution >= 4 is 11.7 Å². The second-order valence-corrected chi connectivity index (χ2v) is 8.13. The van der Waals surface area contributed by atoms with E-state index in [1.54, 1.807) is 19.1 Å². The molecule has 0 aliphatic rings. The van der Waals surface area contributed by atoms with E-state index in [4.69, 9.17) is 0 Å². The van der Waals surface area contributed by atoms with Crippen LogP contribution in [0.25, 0.3) is 5.78 Å². The number of hydrogen-bond acceptors (Lipinski definition) is 4. The molecule has 0 radical (unpaired) electrons. The van der Waals surface area contributed by atoms with E-state index < -0.39 is 0 Å². The van der Waals surface area contributed by atoms with Gasteiger partial charge >= 0.3 is 0 Å². The molecule has 0 aliphatic carbocycles. The van der Waals surface area contributed by atoms with Crippen LogP contribution in [0.5, 0.6) is 0 Å². The predicted octanol–water partition coefficient (Wildman–Crippen LogP) is 2.63. The van der Waals surface area contributed by atoms with Gasteiger partial charge in [0.15, 0.2) is 0 Å². The second kappa shape index (κ2) is 7.53. The summed E-state index contributed by atoms with van der Waals surface area (Å²) in [6, 6.07) is 7.23. The summed E-state index contributed by atoms with van der Waals surface area (Å²) in [6.07, 6.45) is 2.09. The molecule has 8 heteroatoms. The van der Waals surface area contributed by atoms with Crippen LogP contribution in [0.3, 0.4) is 0 Å². The summed E-state index contributed by atoms with van der Waals surface area (Å²) in [7, 11) is 0. The highest BCUT2D eigenvalue weighted by atomic mass is 19.1. The van der Waals surface area contributed by atoms with Crippen LogP contribution in [-0.2, 0) is 11.3 Å². The van der Waals surface area contributed by atoms with Crippen molar-refractivity contribution in [3.05, 3.63) is 64.1 Å². The number of benzene rings is 1. The molecule has 0 aliphatic heterocycles. The van der Waals surface area contributed by atoms with Crippen LogP contribution in [0.15, 0.2) is 41.5 Å². The average Bonchev–Trinajstić information content (AvgIpc) is 2.96. The van der Waals surface area contributed by atoms with Crippen LogP contribution >= 0.6 is 0 Å². The Morgan fingerprint density at radius 1 is 1.25 bits per heavy atom. The minimum absolute atomic E-state index is 0.0492. The number of hydrogen-bond donors (Lipinski definition) is 1. The van der Waals surface area contributed by atoms with Crippen molar-refractivity contribution < 1.29 is 9.18 Å². The summed E-state index contributed by atoms with van der Waals surface area (Å²) in [5.74, 6) is -0.343. The molecular formula is C20H24FN5O2. The zero-order valence-corrected chi connectivity index (χ0v) is 16.4. The molecule has 1 amide bonds. The van der Waals surface area contributed by atoms with Crippen LogP contribution in [-0.4, -0.2) is 25.1 Å². The maximum absolute atomic E-state index is 13.3.